The molecule has 5 nitrogen and oxygen atoms in total. The van der Waals surface area contributed by atoms with Crippen molar-refractivity contribution in [2.45, 2.75) is 69.7 Å². The summed E-state index contributed by atoms with van der Waals surface area (Å²) >= 11 is 0. The van der Waals surface area contributed by atoms with Crippen LogP contribution in [-0.2, 0) is 14.3 Å². The van der Waals surface area contributed by atoms with Gasteiger partial charge in [-0.3, -0.25) is 9.69 Å². The van der Waals surface area contributed by atoms with E-state index < -0.39 is 5.54 Å². The molecule has 0 aromatic rings. The largest absolute Gasteiger partial charge is 0.468 e. The van der Waals surface area contributed by atoms with Crippen molar-refractivity contribution in [3.63, 3.8) is 0 Å². The lowest BCUT2D eigenvalue weighted by Crippen LogP contribution is -2.60. The molecule has 2 aliphatic rings. The van der Waals surface area contributed by atoms with E-state index >= 15 is 0 Å². The number of carbonyl (C=O) groups is 1. The van der Waals surface area contributed by atoms with Crippen LogP contribution in [0.2, 0.25) is 0 Å². The Balaban J connectivity index is 2.08. The molecule has 4 atom stereocenters. The van der Waals surface area contributed by atoms with E-state index in [9.17, 15) is 4.79 Å². The molecular formula is C15H28N2O3. The van der Waals surface area contributed by atoms with Gasteiger partial charge < -0.3 is 15.2 Å². The van der Waals surface area contributed by atoms with Gasteiger partial charge in [0.1, 0.15) is 5.54 Å². The first-order valence-electron chi connectivity index (χ1n) is 7.74. The highest BCUT2D eigenvalue weighted by atomic mass is 16.5. The Morgan fingerprint density at radius 1 is 1.55 bits per heavy atom. The number of hydrogen-bond donors (Lipinski definition) is 1. The molecular weight excluding hydrogens is 256 g/mol. The van der Waals surface area contributed by atoms with Crippen LogP contribution in [0.15, 0.2) is 0 Å². The van der Waals surface area contributed by atoms with Crippen molar-refractivity contribution >= 4 is 5.97 Å². The fourth-order valence-corrected chi connectivity index (χ4v) is 3.62. The maximum atomic E-state index is 11.9. The maximum absolute atomic E-state index is 11.9. The number of morpholine rings is 1. The zero-order valence-corrected chi connectivity index (χ0v) is 12.9. The summed E-state index contributed by atoms with van der Waals surface area (Å²) in [6, 6.07) is 0.806. The van der Waals surface area contributed by atoms with Gasteiger partial charge in [-0.05, 0) is 39.0 Å². The number of esters is 1. The molecule has 2 N–H and O–H groups in total. The molecule has 5 heteroatoms. The molecule has 0 aromatic heterocycles. The van der Waals surface area contributed by atoms with Crippen molar-refractivity contribution in [1.82, 2.24) is 4.90 Å². The number of carbonyl (C=O) groups excluding carboxylic acids is 1. The number of ether oxygens (including phenoxy) is 2. The van der Waals surface area contributed by atoms with Crippen molar-refractivity contribution in [1.29, 1.82) is 0 Å². The Bertz CT molecular complexity index is 350. The van der Waals surface area contributed by atoms with Crippen LogP contribution in [0.25, 0.3) is 0 Å². The number of nitrogens with two attached hydrogens (primary N) is 1. The van der Waals surface area contributed by atoms with Gasteiger partial charge in [0.25, 0.3) is 0 Å². The van der Waals surface area contributed by atoms with Crippen LogP contribution in [0.3, 0.4) is 0 Å². The fraction of sp³-hybridized carbons (Fsp3) is 0.933. The number of hydrogen-bond acceptors (Lipinski definition) is 5. The summed E-state index contributed by atoms with van der Waals surface area (Å²) in [5.41, 5.74) is 5.49. The van der Waals surface area contributed by atoms with E-state index in [1.54, 1.807) is 0 Å². The van der Waals surface area contributed by atoms with Gasteiger partial charge in [0.15, 0.2) is 0 Å². The second-order valence-corrected chi connectivity index (χ2v) is 6.30. The van der Waals surface area contributed by atoms with Crippen molar-refractivity contribution in [3.8, 4) is 0 Å². The molecule has 0 aromatic carbocycles. The minimum atomic E-state index is -0.808. The summed E-state index contributed by atoms with van der Waals surface area (Å²) in [5, 5.41) is 0. The Hall–Kier alpha value is -0.650. The van der Waals surface area contributed by atoms with Gasteiger partial charge in [0.2, 0.25) is 0 Å². The van der Waals surface area contributed by atoms with Gasteiger partial charge in [0.05, 0.1) is 19.8 Å². The van der Waals surface area contributed by atoms with Gasteiger partial charge >= 0.3 is 5.97 Å². The van der Waals surface area contributed by atoms with Crippen molar-refractivity contribution in [2.75, 3.05) is 20.3 Å². The van der Waals surface area contributed by atoms with Crippen molar-refractivity contribution < 1.29 is 14.3 Å². The molecule has 1 saturated carbocycles. The Kier molecular flexibility index (Phi) is 5.04. The molecule has 1 aliphatic heterocycles. The minimum Gasteiger partial charge on any atom is -0.468 e. The molecule has 0 bridgehead atoms. The van der Waals surface area contributed by atoms with Gasteiger partial charge in [-0.1, -0.05) is 6.92 Å². The first-order chi connectivity index (χ1) is 9.50. The third-order valence-electron chi connectivity index (χ3n) is 4.80. The second-order valence-electron chi connectivity index (χ2n) is 6.30. The lowest BCUT2D eigenvalue weighted by molar-refractivity contribution is -0.150. The van der Waals surface area contributed by atoms with Gasteiger partial charge in [0, 0.05) is 18.6 Å². The summed E-state index contributed by atoms with van der Waals surface area (Å²) < 4.78 is 10.7. The molecule has 1 heterocycles. The van der Waals surface area contributed by atoms with E-state index in [-0.39, 0.29) is 12.1 Å². The van der Waals surface area contributed by atoms with Gasteiger partial charge in [-0.2, -0.15) is 0 Å². The van der Waals surface area contributed by atoms with E-state index in [1.165, 1.54) is 7.11 Å². The maximum Gasteiger partial charge on any atom is 0.325 e. The summed E-state index contributed by atoms with van der Waals surface area (Å²) in [6.07, 6.45) is 4.84. The number of rotatable bonds is 3. The molecule has 1 aliphatic carbocycles. The van der Waals surface area contributed by atoms with E-state index in [2.05, 4.69) is 18.7 Å². The van der Waals surface area contributed by atoms with E-state index in [4.69, 9.17) is 15.2 Å². The molecule has 20 heavy (non-hydrogen) atoms. The molecule has 2 fully saturated rings. The number of methoxy groups -OCH3 is 1. The summed E-state index contributed by atoms with van der Waals surface area (Å²) in [6.45, 7) is 6.01. The van der Waals surface area contributed by atoms with Gasteiger partial charge in [-0.15, -0.1) is 0 Å². The van der Waals surface area contributed by atoms with Crippen LogP contribution in [0, 0.1) is 0 Å². The first-order valence-corrected chi connectivity index (χ1v) is 7.74. The first kappa shape index (κ1) is 15.7. The second kappa shape index (κ2) is 6.41. The average molecular weight is 284 g/mol. The molecule has 0 amide bonds. The zero-order chi connectivity index (χ0) is 14.8. The van der Waals surface area contributed by atoms with Crippen LogP contribution in [0.5, 0.6) is 0 Å². The lowest BCUT2D eigenvalue weighted by Gasteiger charge is -2.47. The molecule has 1 saturated heterocycles. The molecule has 0 radical (unpaired) electrons. The summed E-state index contributed by atoms with van der Waals surface area (Å²) in [4.78, 5) is 14.5. The highest BCUT2D eigenvalue weighted by molar-refractivity contribution is 5.80. The van der Waals surface area contributed by atoms with Crippen LogP contribution in [0.1, 0.15) is 46.0 Å². The predicted molar refractivity (Wildman–Crippen MR) is 77.4 cm³/mol. The standard InChI is InChI=1S/C15H28N2O3/c1-4-12-10-20-11(2)9-17(12)13-6-5-7-15(16,8-13)14(18)19-3/h11-13H,4-10,16H2,1-3H3. The van der Waals surface area contributed by atoms with Crippen LogP contribution >= 0.6 is 0 Å². The highest BCUT2D eigenvalue weighted by Crippen LogP contribution is 2.33. The Morgan fingerprint density at radius 2 is 2.30 bits per heavy atom. The quantitative estimate of drug-likeness (QED) is 0.791. The zero-order valence-electron chi connectivity index (χ0n) is 12.9. The topological polar surface area (TPSA) is 64.8 Å². The van der Waals surface area contributed by atoms with Crippen LogP contribution in [0.4, 0.5) is 0 Å². The lowest BCUT2D eigenvalue weighted by atomic mass is 9.78. The average Bonchev–Trinajstić information content (AvgIpc) is 2.46. The predicted octanol–water partition coefficient (Wildman–Crippen LogP) is 1.30. The third kappa shape index (κ3) is 3.15. The van der Waals surface area contributed by atoms with E-state index in [0.717, 1.165) is 38.8 Å². The van der Waals surface area contributed by atoms with Crippen molar-refractivity contribution in [3.05, 3.63) is 0 Å². The molecule has 0 spiro atoms. The molecule has 4 unspecified atom stereocenters. The number of nitrogens with zero attached hydrogens (tertiary/aromatic N) is 1. The van der Waals surface area contributed by atoms with E-state index in [1.807, 2.05) is 0 Å². The van der Waals surface area contributed by atoms with Crippen LogP contribution < -0.4 is 5.73 Å². The molecule has 116 valence electrons. The Morgan fingerprint density at radius 3 is 2.95 bits per heavy atom. The van der Waals surface area contributed by atoms with Crippen molar-refractivity contribution in [2.24, 2.45) is 5.73 Å². The smallest absolute Gasteiger partial charge is 0.325 e. The van der Waals surface area contributed by atoms with Gasteiger partial charge in [-0.25, -0.2) is 0 Å². The molecule has 2 rings (SSSR count). The van der Waals surface area contributed by atoms with Crippen LogP contribution in [-0.4, -0.2) is 54.9 Å². The fourth-order valence-electron chi connectivity index (χ4n) is 3.62. The summed E-state index contributed by atoms with van der Waals surface area (Å²) in [5.74, 6) is -0.267. The summed E-state index contributed by atoms with van der Waals surface area (Å²) in [7, 11) is 1.42. The Labute approximate surface area is 121 Å². The monoisotopic (exact) mass is 284 g/mol. The highest BCUT2D eigenvalue weighted by Gasteiger charge is 2.43. The minimum absolute atomic E-state index is 0.255. The SMILES string of the molecule is CCC1COC(C)CN1C1CCCC(N)(C(=O)OC)C1. The van der Waals surface area contributed by atoms with E-state index in [0.29, 0.717) is 18.5 Å². The third-order valence-corrected chi connectivity index (χ3v) is 4.80. The normalized spacial score (nSPS) is 39.5.